The van der Waals surface area contributed by atoms with Crippen molar-refractivity contribution in [3.8, 4) is 0 Å². The number of benzene rings is 1. The van der Waals surface area contributed by atoms with Crippen LogP contribution in [0.5, 0.6) is 0 Å². The lowest BCUT2D eigenvalue weighted by molar-refractivity contribution is -0.135. The predicted octanol–water partition coefficient (Wildman–Crippen LogP) is 0.670. The maximum absolute atomic E-state index is 12.1. The average molecular weight is 234 g/mol. The maximum atomic E-state index is 12.1. The van der Waals surface area contributed by atoms with E-state index >= 15 is 0 Å². The highest BCUT2D eigenvalue weighted by molar-refractivity contribution is 5.83. The van der Waals surface area contributed by atoms with Crippen molar-refractivity contribution in [1.29, 1.82) is 0 Å². The van der Waals surface area contributed by atoms with E-state index in [9.17, 15) is 9.90 Å². The van der Waals surface area contributed by atoms with Gasteiger partial charge in [0, 0.05) is 13.1 Å². The van der Waals surface area contributed by atoms with E-state index in [4.69, 9.17) is 5.73 Å². The first-order valence-corrected chi connectivity index (χ1v) is 5.96. The molecule has 1 saturated heterocycles. The molecule has 0 spiro atoms. The van der Waals surface area contributed by atoms with E-state index in [0.29, 0.717) is 13.1 Å². The van der Waals surface area contributed by atoms with Gasteiger partial charge in [0.05, 0.1) is 6.10 Å². The van der Waals surface area contributed by atoms with Crippen LogP contribution in [0.3, 0.4) is 0 Å². The molecule has 2 atom stereocenters. The Morgan fingerprint density at radius 1 is 1.41 bits per heavy atom. The molecular weight excluding hydrogens is 216 g/mol. The van der Waals surface area contributed by atoms with Crippen LogP contribution in [0.15, 0.2) is 30.3 Å². The average Bonchev–Trinajstić information content (AvgIpc) is 2.38. The zero-order valence-corrected chi connectivity index (χ0v) is 9.75. The van der Waals surface area contributed by atoms with Crippen LogP contribution in [-0.4, -0.2) is 35.1 Å². The quantitative estimate of drug-likeness (QED) is 0.790. The largest absolute Gasteiger partial charge is 0.391 e. The minimum Gasteiger partial charge on any atom is -0.391 e. The monoisotopic (exact) mass is 234 g/mol. The number of aliphatic hydroxyl groups is 1. The summed E-state index contributed by atoms with van der Waals surface area (Å²) in [5.41, 5.74) is 6.76. The minimum atomic E-state index is -0.624. The van der Waals surface area contributed by atoms with Crippen molar-refractivity contribution in [2.75, 3.05) is 13.1 Å². The van der Waals surface area contributed by atoms with Gasteiger partial charge in [-0.05, 0) is 18.4 Å². The molecule has 1 heterocycles. The van der Waals surface area contributed by atoms with E-state index < -0.39 is 12.1 Å². The Labute approximate surface area is 101 Å². The molecule has 1 fully saturated rings. The summed E-state index contributed by atoms with van der Waals surface area (Å²) in [5, 5.41) is 9.55. The standard InChI is InChI=1S/C13H18N2O2/c14-12(10-5-2-1-3-6-10)13(17)15-8-4-7-11(16)9-15/h1-3,5-6,11-12,16H,4,7-9,14H2/t11?,12-/m1/s1. The Morgan fingerprint density at radius 3 is 2.76 bits per heavy atom. The lowest BCUT2D eigenvalue weighted by Gasteiger charge is -2.32. The molecule has 0 bridgehead atoms. The fourth-order valence-electron chi connectivity index (χ4n) is 2.15. The smallest absolute Gasteiger partial charge is 0.244 e. The predicted molar refractivity (Wildman–Crippen MR) is 65.2 cm³/mol. The maximum Gasteiger partial charge on any atom is 0.244 e. The third-order valence-corrected chi connectivity index (χ3v) is 3.13. The zero-order chi connectivity index (χ0) is 12.3. The molecule has 1 unspecified atom stereocenters. The van der Waals surface area contributed by atoms with Crippen molar-refractivity contribution in [1.82, 2.24) is 4.90 Å². The van der Waals surface area contributed by atoms with Gasteiger partial charge < -0.3 is 15.7 Å². The van der Waals surface area contributed by atoms with Crippen LogP contribution in [0.25, 0.3) is 0 Å². The van der Waals surface area contributed by atoms with E-state index in [1.807, 2.05) is 30.3 Å². The SMILES string of the molecule is N[C@@H](C(=O)N1CCCC(O)C1)c1ccccc1. The molecule has 1 aliphatic heterocycles. The summed E-state index contributed by atoms with van der Waals surface area (Å²) in [5.74, 6) is -0.102. The second-order valence-electron chi connectivity index (χ2n) is 4.47. The van der Waals surface area contributed by atoms with Crippen molar-refractivity contribution >= 4 is 5.91 Å². The molecule has 4 heteroatoms. The van der Waals surface area contributed by atoms with Crippen molar-refractivity contribution < 1.29 is 9.90 Å². The molecule has 3 N–H and O–H groups in total. The Kier molecular flexibility index (Phi) is 3.76. The van der Waals surface area contributed by atoms with Gasteiger partial charge in [-0.2, -0.15) is 0 Å². The van der Waals surface area contributed by atoms with Crippen LogP contribution >= 0.6 is 0 Å². The number of carbonyl (C=O) groups excluding carboxylic acids is 1. The number of β-amino-alcohol motifs (C(OH)–C–C–N with tert-alkyl or cyclic N) is 1. The number of nitrogens with two attached hydrogens (primary N) is 1. The summed E-state index contributed by atoms with van der Waals surface area (Å²) in [4.78, 5) is 13.8. The van der Waals surface area contributed by atoms with E-state index in [1.54, 1.807) is 4.90 Å². The van der Waals surface area contributed by atoms with Crippen molar-refractivity contribution in [2.24, 2.45) is 5.73 Å². The Bertz CT molecular complexity index is 380. The number of likely N-dealkylation sites (tertiary alicyclic amines) is 1. The van der Waals surface area contributed by atoms with Crippen molar-refractivity contribution in [3.05, 3.63) is 35.9 Å². The van der Waals surface area contributed by atoms with E-state index in [1.165, 1.54) is 0 Å². The number of nitrogens with zero attached hydrogens (tertiary/aromatic N) is 1. The fraction of sp³-hybridized carbons (Fsp3) is 0.462. The minimum absolute atomic E-state index is 0.102. The number of amides is 1. The molecule has 1 amide bonds. The van der Waals surface area contributed by atoms with Gasteiger partial charge in [-0.3, -0.25) is 4.79 Å². The van der Waals surface area contributed by atoms with Gasteiger partial charge in [0.15, 0.2) is 0 Å². The van der Waals surface area contributed by atoms with Gasteiger partial charge in [-0.1, -0.05) is 30.3 Å². The molecule has 1 aromatic rings. The molecule has 0 aliphatic carbocycles. The van der Waals surface area contributed by atoms with Gasteiger partial charge in [0.1, 0.15) is 6.04 Å². The Morgan fingerprint density at radius 2 is 2.12 bits per heavy atom. The molecular formula is C13H18N2O2. The van der Waals surface area contributed by atoms with Crippen LogP contribution < -0.4 is 5.73 Å². The lowest BCUT2D eigenvalue weighted by atomic mass is 10.0. The molecule has 17 heavy (non-hydrogen) atoms. The zero-order valence-electron chi connectivity index (χ0n) is 9.75. The molecule has 0 radical (unpaired) electrons. The highest BCUT2D eigenvalue weighted by Gasteiger charge is 2.26. The van der Waals surface area contributed by atoms with E-state index in [-0.39, 0.29) is 5.91 Å². The first kappa shape index (κ1) is 12.1. The van der Waals surface area contributed by atoms with Gasteiger partial charge in [-0.25, -0.2) is 0 Å². The van der Waals surface area contributed by atoms with Gasteiger partial charge in [-0.15, -0.1) is 0 Å². The third kappa shape index (κ3) is 2.84. The number of hydrogen-bond acceptors (Lipinski definition) is 3. The van der Waals surface area contributed by atoms with Crippen LogP contribution in [-0.2, 0) is 4.79 Å². The Balaban J connectivity index is 2.04. The molecule has 92 valence electrons. The topological polar surface area (TPSA) is 66.6 Å². The molecule has 1 aliphatic rings. The number of aliphatic hydroxyl groups excluding tert-OH is 1. The first-order valence-electron chi connectivity index (χ1n) is 5.96. The number of carbonyl (C=O) groups is 1. The van der Waals surface area contributed by atoms with Crippen LogP contribution in [0.4, 0.5) is 0 Å². The van der Waals surface area contributed by atoms with Crippen molar-refractivity contribution in [2.45, 2.75) is 25.0 Å². The van der Waals surface area contributed by atoms with Crippen LogP contribution in [0.2, 0.25) is 0 Å². The highest BCUT2D eigenvalue weighted by atomic mass is 16.3. The first-order chi connectivity index (χ1) is 8.18. The summed E-state index contributed by atoms with van der Waals surface area (Å²) < 4.78 is 0. The highest BCUT2D eigenvalue weighted by Crippen LogP contribution is 2.17. The molecule has 1 aromatic carbocycles. The summed E-state index contributed by atoms with van der Waals surface area (Å²) in [7, 11) is 0. The normalized spacial score (nSPS) is 22.2. The second kappa shape index (κ2) is 5.29. The number of rotatable bonds is 2. The fourth-order valence-corrected chi connectivity index (χ4v) is 2.15. The van der Waals surface area contributed by atoms with E-state index in [0.717, 1.165) is 18.4 Å². The third-order valence-electron chi connectivity index (χ3n) is 3.13. The number of piperidine rings is 1. The second-order valence-corrected chi connectivity index (χ2v) is 4.47. The summed E-state index contributed by atoms with van der Waals surface area (Å²) in [6.45, 7) is 1.09. The summed E-state index contributed by atoms with van der Waals surface area (Å²) >= 11 is 0. The lowest BCUT2D eigenvalue weighted by Crippen LogP contribution is -2.46. The van der Waals surface area contributed by atoms with Crippen LogP contribution in [0.1, 0.15) is 24.4 Å². The van der Waals surface area contributed by atoms with Crippen molar-refractivity contribution in [3.63, 3.8) is 0 Å². The molecule has 0 saturated carbocycles. The van der Waals surface area contributed by atoms with Gasteiger partial charge >= 0.3 is 0 Å². The summed E-state index contributed by atoms with van der Waals surface area (Å²) in [6.07, 6.45) is 1.20. The van der Waals surface area contributed by atoms with E-state index in [2.05, 4.69) is 0 Å². The molecule has 2 rings (SSSR count). The molecule has 0 aromatic heterocycles. The molecule has 4 nitrogen and oxygen atoms in total. The summed E-state index contributed by atoms with van der Waals surface area (Å²) in [6, 6.07) is 8.71. The van der Waals surface area contributed by atoms with Crippen LogP contribution in [0, 0.1) is 0 Å². The number of hydrogen-bond donors (Lipinski definition) is 2. The Hall–Kier alpha value is -1.39. The van der Waals surface area contributed by atoms with Gasteiger partial charge in [0.25, 0.3) is 0 Å². The van der Waals surface area contributed by atoms with Gasteiger partial charge in [0.2, 0.25) is 5.91 Å².